The lowest BCUT2D eigenvalue weighted by molar-refractivity contribution is 0.221. The highest BCUT2D eigenvalue weighted by atomic mass is 32.2. The summed E-state index contributed by atoms with van der Waals surface area (Å²) < 4.78 is 24.0. The Kier molecular flexibility index (Phi) is 8.33. The Morgan fingerprint density at radius 2 is 2.05 bits per heavy atom. The summed E-state index contributed by atoms with van der Waals surface area (Å²) in [5.74, 6) is 1.76. The lowest BCUT2D eigenvalue weighted by Gasteiger charge is -2.26. The molecule has 0 bridgehead atoms. The van der Waals surface area contributed by atoms with Gasteiger partial charge in [0.05, 0.1) is 18.5 Å². The summed E-state index contributed by atoms with van der Waals surface area (Å²) in [5, 5.41) is 2.90. The van der Waals surface area contributed by atoms with Crippen LogP contribution in [0.2, 0.25) is 0 Å². The van der Waals surface area contributed by atoms with E-state index in [4.69, 9.17) is 9.05 Å². The van der Waals surface area contributed by atoms with E-state index >= 15 is 0 Å². The van der Waals surface area contributed by atoms with Crippen LogP contribution in [-0.2, 0) is 13.6 Å². The smallest absolute Gasteiger partial charge is 0.306 e. The largest absolute Gasteiger partial charge is 0.358 e. The molecule has 0 spiro atoms. The monoisotopic (exact) mass is 332 g/mol. The summed E-state index contributed by atoms with van der Waals surface area (Å²) in [6, 6.07) is 0. The van der Waals surface area contributed by atoms with Gasteiger partial charge in [-0.1, -0.05) is 18.6 Å². The molecular formula is C16H29O3PS. The first-order valence-electron chi connectivity index (χ1n) is 7.79. The second-order valence-electron chi connectivity index (χ2n) is 5.65. The zero-order chi connectivity index (χ0) is 15.9. The Bertz CT molecular complexity index is 417. The van der Waals surface area contributed by atoms with Gasteiger partial charge in [-0.15, -0.1) is 11.8 Å². The first-order chi connectivity index (χ1) is 9.94. The van der Waals surface area contributed by atoms with E-state index < -0.39 is 7.60 Å². The van der Waals surface area contributed by atoms with Gasteiger partial charge in [-0.3, -0.25) is 4.57 Å². The lowest BCUT2D eigenvalue weighted by atomic mass is 9.91. The minimum Gasteiger partial charge on any atom is -0.306 e. The maximum absolute atomic E-state index is 13.0. The van der Waals surface area contributed by atoms with Gasteiger partial charge < -0.3 is 9.05 Å². The van der Waals surface area contributed by atoms with Gasteiger partial charge in [0.2, 0.25) is 0 Å². The molecule has 3 nitrogen and oxygen atoms in total. The van der Waals surface area contributed by atoms with Gasteiger partial charge >= 0.3 is 7.60 Å². The molecule has 2 atom stereocenters. The highest BCUT2D eigenvalue weighted by molar-refractivity contribution is 8.02. The third-order valence-electron chi connectivity index (χ3n) is 3.64. The van der Waals surface area contributed by atoms with Crippen molar-refractivity contribution in [2.75, 3.05) is 19.0 Å². The fraction of sp³-hybridized carbons (Fsp3) is 0.750. The first-order valence-corrected chi connectivity index (χ1v) is 10.4. The molecule has 2 unspecified atom stereocenters. The zero-order valence-electron chi connectivity index (χ0n) is 13.9. The number of rotatable bonds is 9. The van der Waals surface area contributed by atoms with Crippen LogP contribution in [0.3, 0.4) is 0 Å². The highest BCUT2D eigenvalue weighted by Crippen LogP contribution is 2.63. The van der Waals surface area contributed by atoms with Crippen LogP contribution in [0, 0.1) is 11.8 Å². The summed E-state index contributed by atoms with van der Waals surface area (Å²) in [5.41, 5.74) is 1.35. The van der Waals surface area contributed by atoms with Gasteiger partial charge in [-0.05, 0) is 51.9 Å². The minimum absolute atomic E-state index is 0.296. The Hall–Kier alpha value is -0.0200. The van der Waals surface area contributed by atoms with E-state index in [0.717, 1.165) is 23.9 Å². The van der Waals surface area contributed by atoms with Crippen LogP contribution in [0.15, 0.2) is 22.4 Å². The van der Waals surface area contributed by atoms with Crippen molar-refractivity contribution in [3.63, 3.8) is 0 Å². The third-order valence-corrected chi connectivity index (χ3v) is 7.07. The molecule has 1 heterocycles. The Balaban J connectivity index is 2.77. The molecule has 0 aromatic carbocycles. The fourth-order valence-electron chi connectivity index (χ4n) is 2.50. The maximum Gasteiger partial charge on any atom is 0.358 e. The topological polar surface area (TPSA) is 35.5 Å². The second kappa shape index (κ2) is 9.19. The SMILES string of the molecule is CCOP(=O)(OCC)C1=CSCC1C(C)CCC=C(C)C. The summed E-state index contributed by atoms with van der Waals surface area (Å²) in [7, 11) is -3.10. The van der Waals surface area contributed by atoms with Crippen LogP contribution >= 0.6 is 19.4 Å². The molecule has 21 heavy (non-hydrogen) atoms. The maximum atomic E-state index is 13.0. The molecule has 1 rings (SSSR count). The number of thioether (sulfide) groups is 1. The van der Waals surface area contributed by atoms with Crippen molar-refractivity contribution in [2.45, 2.75) is 47.5 Å². The molecule has 5 heteroatoms. The average molecular weight is 332 g/mol. The predicted octanol–water partition coefficient (Wildman–Crippen LogP) is 5.84. The number of allylic oxidation sites excluding steroid dienone is 3. The summed E-state index contributed by atoms with van der Waals surface area (Å²) in [4.78, 5) is 0. The van der Waals surface area contributed by atoms with Crippen LogP contribution in [0.5, 0.6) is 0 Å². The summed E-state index contributed by atoms with van der Waals surface area (Å²) in [6.45, 7) is 11.0. The van der Waals surface area contributed by atoms with Crippen LogP contribution in [-0.4, -0.2) is 19.0 Å². The van der Waals surface area contributed by atoms with Gasteiger partial charge in [0.25, 0.3) is 0 Å². The van der Waals surface area contributed by atoms with Crippen molar-refractivity contribution < 1.29 is 13.6 Å². The van der Waals surface area contributed by atoms with Gasteiger partial charge in [-0.25, -0.2) is 0 Å². The summed E-state index contributed by atoms with van der Waals surface area (Å²) >= 11 is 1.73. The van der Waals surface area contributed by atoms with Crippen molar-refractivity contribution in [3.05, 3.63) is 22.4 Å². The molecule has 0 aliphatic carbocycles. The molecule has 0 saturated heterocycles. The van der Waals surface area contributed by atoms with Crippen molar-refractivity contribution in [1.82, 2.24) is 0 Å². The molecule has 0 radical (unpaired) electrons. The van der Waals surface area contributed by atoms with Gasteiger partial charge in [0.15, 0.2) is 0 Å². The van der Waals surface area contributed by atoms with Crippen molar-refractivity contribution in [1.29, 1.82) is 0 Å². The molecule has 0 aromatic heterocycles. The molecule has 1 aliphatic heterocycles. The predicted molar refractivity (Wildman–Crippen MR) is 92.7 cm³/mol. The number of hydrogen-bond donors (Lipinski definition) is 0. The van der Waals surface area contributed by atoms with Crippen LogP contribution in [0.25, 0.3) is 0 Å². The summed E-state index contributed by atoms with van der Waals surface area (Å²) in [6.07, 6.45) is 4.45. The fourth-order valence-corrected chi connectivity index (χ4v) is 6.32. The molecule has 0 N–H and O–H groups in total. The molecule has 122 valence electrons. The van der Waals surface area contributed by atoms with Gasteiger partial charge in [0.1, 0.15) is 0 Å². The first kappa shape index (κ1) is 19.0. The van der Waals surface area contributed by atoms with Gasteiger partial charge in [-0.2, -0.15) is 0 Å². The van der Waals surface area contributed by atoms with E-state index in [-0.39, 0.29) is 0 Å². The molecule has 0 fully saturated rings. The minimum atomic E-state index is -3.10. The Morgan fingerprint density at radius 1 is 1.43 bits per heavy atom. The van der Waals surface area contributed by atoms with Crippen LogP contribution in [0.1, 0.15) is 47.5 Å². The van der Waals surface area contributed by atoms with Crippen molar-refractivity contribution >= 4 is 19.4 Å². The quantitative estimate of drug-likeness (QED) is 0.392. The highest BCUT2D eigenvalue weighted by Gasteiger charge is 2.39. The van der Waals surface area contributed by atoms with Crippen LogP contribution in [0.4, 0.5) is 0 Å². The van der Waals surface area contributed by atoms with E-state index in [9.17, 15) is 4.57 Å². The second-order valence-corrected chi connectivity index (χ2v) is 8.58. The Morgan fingerprint density at radius 3 is 2.57 bits per heavy atom. The van der Waals surface area contributed by atoms with E-state index in [1.54, 1.807) is 11.8 Å². The van der Waals surface area contributed by atoms with Gasteiger partial charge in [0, 0.05) is 11.7 Å². The van der Waals surface area contributed by atoms with Crippen molar-refractivity contribution in [2.24, 2.45) is 11.8 Å². The van der Waals surface area contributed by atoms with Crippen LogP contribution < -0.4 is 0 Å². The molecule has 0 amide bonds. The molecule has 0 saturated carbocycles. The average Bonchev–Trinajstić information content (AvgIpc) is 2.88. The Labute approximate surface area is 134 Å². The lowest BCUT2D eigenvalue weighted by Crippen LogP contribution is -2.16. The zero-order valence-corrected chi connectivity index (χ0v) is 15.6. The third kappa shape index (κ3) is 5.59. The van der Waals surface area contributed by atoms with E-state index in [2.05, 4.69) is 26.8 Å². The standard InChI is InChI=1S/C16H29O3PS/c1-6-18-20(17,19-7-2)16-12-21-11-15(16)14(5)10-8-9-13(3)4/h9,12,14-15H,6-8,10-11H2,1-5H3. The molecular weight excluding hydrogens is 303 g/mol. The van der Waals surface area contributed by atoms with E-state index in [1.807, 2.05) is 19.3 Å². The molecule has 0 aromatic rings. The number of hydrogen-bond acceptors (Lipinski definition) is 4. The van der Waals surface area contributed by atoms with E-state index in [1.165, 1.54) is 5.57 Å². The normalized spacial score (nSPS) is 20.2. The van der Waals surface area contributed by atoms with E-state index in [0.29, 0.717) is 25.0 Å². The molecule has 1 aliphatic rings. The van der Waals surface area contributed by atoms with Crippen molar-refractivity contribution in [3.8, 4) is 0 Å².